The molecule has 9 nitrogen and oxygen atoms in total. The van der Waals surface area contributed by atoms with Gasteiger partial charge in [-0.15, -0.1) is 0 Å². The zero-order valence-corrected chi connectivity index (χ0v) is 23.9. The summed E-state index contributed by atoms with van der Waals surface area (Å²) in [6.45, 7) is 2.17. The zero-order chi connectivity index (χ0) is 28.4. The molecule has 0 fully saturated rings. The number of phenolic OH excluding ortho intramolecular Hbond substituents is 1. The van der Waals surface area contributed by atoms with Gasteiger partial charge in [0.05, 0.1) is 28.8 Å². The first kappa shape index (κ1) is 24.7. The van der Waals surface area contributed by atoms with Crippen molar-refractivity contribution in [3.63, 3.8) is 0 Å². The van der Waals surface area contributed by atoms with Crippen LogP contribution in [0.2, 0.25) is 0 Å². The number of aryl methyl sites for hydroxylation is 1. The quantitative estimate of drug-likeness (QED) is 0.222. The maximum Gasteiger partial charge on any atom is 0.231 e. The van der Waals surface area contributed by atoms with E-state index in [1.54, 1.807) is 6.07 Å². The van der Waals surface area contributed by atoms with Gasteiger partial charge in [0.2, 0.25) is 6.79 Å². The number of nitrogens with one attached hydrogen (secondary N) is 1. The van der Waals surface area contributed by atoms with Gasteiger partial charge >= 0.3 is 0 Å². The summed E-state index contributed by atoms with van der Waals surface area (Å²) < 4.78 is 13.8. The fourth-order valence-corrected chi connectivity index (χ4v) is 6.08. The van der Waals surface area contributed by atoms with Crippen LogP contribution in [0.5, 0.6) is 17.2 Å². The highest BCUT2D eigenvalue weighted by Gasteiger charge is 2.42. The molecule has 0 bridgehead atoms. The van der Waals surface area contributed by atoms with Crippen molar-refractivity contribution in [3.8, 4) is 22.9 Å². The van der Waals surface area contributed by atoms with Crippen molar-refractivity contribution in [1.82, 2.24) is 9.78 Å². The van der Waals surface area contributed by atoms with E-state index in [1.165, 1.54) is 0 Å². The molecular formula is C32H23BrN6O3. The highest BCUT2D eigenvalue weighted by molar-refractivity contribution is 9.10. The second kappa shape index (κ2) is 9.49. The minimum atomic E-state index is -0.451. The SMILES string of the molecule is Cc1nn(-c2ccccc2)c2c1C(c1cc(Br)ccc1O)N1C(=N2)C(Nc2ccc3c(c2)OCO3)=Nc2ccccc21. The highest BCUT2D eigenvalue weighted by atomic mass is 79.9. The smallest absolute Gasteiger partial charge is 0.231 e. The number of hydrogen-bond acceptors (Lipinski definition) is 8. The van der Waals surface area contributed by atoms with Crippen molar-refractivity contribution < 1.29 is 14.6 Å². The number of amidine groups is 2. The molecule has 3 aliphatic heterocycles. The lowest BCUT2D eigenvalue weighted by Gasteiger charge is -2.40. The Bertz CT molecular complexity index is 1950. The normalized spacial score (nSPS) is 16.2. The van der Waals surface area contributed by atoms with Crippen LogP contribution in [0.1, 0.15) is 22.9 Å². The number of anilines is 2. The first-order valence-electron chi connectivity index (χ1n) is 13.4. The molecule has 1 atom stereocenters. The van der Waals surface area contributed by atoms with Gasteiger partial charge in [0.15, 0.2) is 29.0 Å². The molecule has 4 heterocycles. The lowest BCUT2D eigenvalue weighted by atomic mass is 9.92. The third-order valence-corrected chi connectivity index (χ3v) is 8.05. The van der Waals surface area contributed by atoms with Crippen LogP contribution in [-0.4, -0.2) is 33.4 Å². The number of halogens is 1. The van der Waals surface area contributed by atoms with Gasteiger partial charge in [-0.25, -0.2) is 14.7 Å². The van der Waals surface area contributed by atoms with E-state index in [1.807, 2.05) is 96.5 Å². The molecule has 2 N–H and O–H groups in total. The number of ether oxygens (including phenoxy) is 2. The Morgan fingerprint density at radius 2 is 1.71 bits per heavy atom. The van der Waals surface area contributed by atoms with Gasteiger partial charge < -0.3 is 24.8 Å². The predicted molar refractivity (Wildman–Crippen MR) is 165 cm³/mol. The first-order chi connectivity index (χ1) is 20.5. The molecular weight excluding hydrogens is 596 g/mol. The van der Waals surface area contributed by atoms with Gasteiger partial charge in [-0.1, -0.05) is 46.3 Å². The fourth-order valence-electron chi connectivity index (χ4n) is 5.70. The van der Waals surface area contributed by atoms with Crippen LogP contribution in [0, 0.1) is 6.92 Å². The minimum Gasteiger partial charge on any atom is -0.508 e. The Labute approximate surface area is 249 Å². The largest absolute Gasteiger partial charge is 0.508 e. The molecule has 1 unspecified atom stereocenters. The topological polar surface area (TPSA) is 96.5 Å². The first-order valence-corrected chi connectivity index (χ1v) is 14.2. The third-order valence-electron chi connectivity index (χ3n) is 7.56. The predicted octanol–water partition coefficient (Wildman–Crippen LogP) is 7.17. The Kier molecular flexibility index (Phi) is 5.58. The van der Waals surface area contributed by atoms with Gasteiger partial charge in [0.25, 0.3) is 0 Å². The molecule has 8 rings (SSSR count). The van der Waals surface area contributed by atoms with E-state index in [0.717, 1.165) is 38.5 Å². The number of phenols is 1. The summed E-state index contributed by atoms with van der Waals surface area (Å²) in [5.74, 6) is 3.36. The number of nitrogens with zero attached hydrogens (tertiary/aromatic N) is 5. The second-order valence-electron chi connectivity index (χ2n) is 10.1. The van der Waals surface area contributed by atoms with E-state index in [-0.39, 0.29) is 12.5 Å². The van der Waals surface area contributed by atoms with Crippen molar-refractivity contribution >= 4 is 50.5 Å². The van der Waals surface area contributed by atoms with Crippen LogP contribution in [0.4, 0.5) is 22.9 Å². The van der Waals surface area contributed by atoms with Crippen molar-refractivity contribution in [2.75, 3.05) is 17.0 Å². The molecule has 42 heavy (non-hydrogen) atoms. The molecule has 1 aromatic heterocycles. The number of fused-ring (bicyclic) bond motifs is 5. The summed E-state index contributed by atoms with van der Waals surface area (Å²) in [6.07, 6.45) is 0. The molecule has 0 amide bonds. The van der Waals surface area contributed by atoms with Crippen molar-refractivity contribution in [1.29, 1.82) is 0 Å². The molecule has 10 heteroatoms. The summed E-state index contributed by atoms with van der Waals surface area (Å²) in [7, 11) is 0. The van der Waals surface area contributed by atoms with Crippen LogP contribution < -0.4 is 19.7 Å². The number of aromatic hydroxyl groups is 1. The highest BCUT2D eigenvalue weighted by Crippen LogP contribution is 2.50. The van der Waals surface area contributed by atoms with Crippen LogP contribution in [0.25, 0.3) is 5.69 Å². The van der Waals surface area contributed by atoms with Crippen molar-refractivity contribution in [2.24, 2.45) is 9.98 Å². The van der Waals surface area contributed by atoms with Crippen LogP contribution in [0.3, 0.4) is 0 Å². The molecule has 3 aliphatic rings. The number of rotatable bonds is 3. The zero-order valence-electron chi connectivity index (χ0n) is 22.3. The lowest BCUT2D eigenvalue weighted by Crippen LogP contribution is -2.46. The monoisotopic (exact) mass is 618 g/mol. The van der Waals surface area contributed by atoms with Gasteiger partial charge in [0.1, 0.15) is 5.75 Å². The van der Waals surface area contributed by atoms with Gasteiger partial charge in [-0.2, -0.15) is 5.10 Å². The van der Waals surface area contributed by atoms with Crippen LogP contribution in [-0.2, 0) is 0 Å². The van der Waals surface area contributed by atoms with Crippen LogP contribution in [0.15, 0.2) is 105 Å². The Morgan fingerprint density at radius 1 is 0.905 bits per heavy atom. The summed E-state index contributed by atoms with van der Waals surface area (Å²) in [5, 5.41) is 19.7. The van der Waals surface area contributed by atoms with Gasteiger partial charge in [-0.05, 0) is 61.5 Å². The summed E-state index contributed by atoms with van der Waals surface area (Å²) >= 11 is 3.62. The summed E-state index contributed by atoms with van der Waals surface area (Å²) in [4.78, 5) is 12.4. The van der Waals surface area contributed by atoms with Gasteiger partial charge in [0, 0.05) is 27.4 Å². The van der Waals surface area contributed by atoms with E-state index >= 15 is 0 Å². The number of aromatic nitrogens is 2. The number of hydrogen-bond donors (Lipinski definition) is 2. The minimum absolute atomic E-state index is 0.174. The lowest BCUT2D eigenvalue weighted by molar-refractivity contribution is 0.174. The fraction of sp³-hybridized carbons (Fsp3) is 0.0938. The molecule has 5 aromatic rings. The molecule has 0 saturated carbocycles. The maximum atomic E-state index is 11.3. The summed E-state index contributed by atoms with van der Waals surface area (Å²) in [5.41, 5.74) is 5.73. The van der Waals surface area contributed by atoms with Crippen molar-refractivity contribution in [3.05, 3.63) is 112 Å². The molecule has 0 spiro atoms. The van der Waals surface area contributed by atoms with E-state index in [2.05, 4.69) is 26.1 Å². The maximum absolute atomic E-state index is 11.3. The van der Waals surface area contributed by atoms with E-state index in [4.69, 9.17) is 24.6 Å². The Hall–Kier alpha value is -5.09. The molecule has 0 aliphatic carbocycles. The van der Waals surface area contributed by atoms with Crippen molar-refractivity contribution in [2.45, 2.75) is 13.0 Å². The van der Waals surface area contributed by atoms with Crippen LogP contribution >= 0.6 is 15.9 Å². The van der Waals surface area contributed by atoms with E-state index < -0.39 is 6.04 Å². The average molecular weight is 619 g/mol. The Morgan fingerprint density at radius 3 is 2.60 bits per heavy atom. The standard InChI is InChI=1S/C32H23BrN6O3/c1-18-28-29(22-15-19(33)11-13-25(22)40)38-24-10-6-5-9-23(24)35-30(34-20-12-14-26-27(16-20)42-17-41-26)32(38)36-31(28)39(37-18)21-7-3-2-4-8-21/h2-16,29,40H,17H2,1H3,(H,34,35). The average Bonchev–Trinajstić information content (AvgIpc) is 3.62. The molecule has 206 valence electrons. The van der Waals surface area contributed by atoms with Gasteiger partial charge in [-0.3, -0.25) is 0 Å². The Balaban J connectivity index is 1.38. The second-order valence-corrected chi connectivity index (χ2v) is 11.0. The van der Waals surface area contributed by atoms with E-state index in [0.29, 0.717) is 34.6 Å². The molecule has 4 aromatic carbocycles. The number of aliphatic imine (C=N–C) groups is 2. The molecule has 0 radical (unpaired) electrons. The number of para-hydroxylation sites is 3. The van der Waals surface area contributed by atoms with E-state index in [9.17, 15) is 5.11 Å². The summed E-state index contributed by atoms with van der Waals surface area (Å²) in [6, 6.07) is 28.6. The third kappa shape index (κ3) is 3.87. The molecule has 0 saturated heterocycles. The number of benzene rings is 4.